The fourth-order valence-electron chi connectivity index (χ4n) is 4.56. The Kier molecular flexibility index (Phi) is 10.5. The van der Waals surface area contributed by atoms with Crippen LogP contribution in [0.4, 0.5) is 13.2 Å². The second-order valence-electron chi connectivity index (χ2n) is 9.58. The molecule has 0 saturated carbocycles. The number of rotatable bonds is 9. The molecule has 0 bridgehead atoms. The summed E-state index contributed by atoms with van der Waals surface area (Å²) in [6.07, 6.45) is -5.54. The molecule has 0 aliphatic heterocycles. The van der Waals surface area contributed by atoms with Gasteiger partial charge in [-0.2, -0.15) is 13.2 Å². The van der Waals surface area contributed by atoms with Gasteiger partial charge in [-0.3, -0.25) is 9.59 Å². The van der Waals surface area contributed by atoms with E-state index in [1.165, 1.54) is 11.0 Å². The van der Waals surface area contributed by atoms with Gasteiger partial charge in [0, 0.05) is 35.7 Å². The van der Waals surface area contributed by atoms with Gasteiger partial charge in [0.25, 0.3) is 5.91 Å². The van der Waals surface area contributed by atoms with Gasteiger partial charge in [-0.1, -0.05) is 35.9 Å². The first-order chi connectivity index (χ1) is 20.0. The number of nitrogens with zero attached hydrogens (tertiary/aromatic N) is 1. The third-order valence-electron chi connectivity index (χ3n) is 6.70. The minimum atomic E-state index is -4.58. The Balaban J connectivity index is 1.74. The quantitative estimate of drug-likeness (QED) is 0.264. The van der Waals surface area contributed by atoms with Crippen LogP contribution in [0, 0.1) is 3.57 Å². The lowest BCUT2D eigenvalue weighted by atomic mass is 9.87. The number of hydrogen-bond acceptors (Lipinski definition) is 5. The molecule has 0 fully saturated rings. The third-order valence-corrected chi connectivity index (χ3v) is 7.84. The van der Waals surface area contributed by atoms with Crippen LogP contribution in [0.15, 0.2) is 84.4 Å². The van der Waals surface area contributed by atoms with Crippen LogP contribution < -0.4 is 10.1 Å². The lowest BCUT2D eigenvalue weighted by Gasteiger charge is -2.40. The maximum Gasteiger partial charge on any atom is 0.416 e. The Labute approximate surface area is 259 Å². The summed E-state index contributed by atoms with van der Waals surface area (Å²) in [5.41, 5.74) is -0.0726. The first-order valence-corrected chi connectivity index (χ1v) is 14.3. The van der Waals surface area contributed by atoms with Crippen molar-refractivity contribution in [3.05, 3.63) is 110 Å². The molecule has 12 heteroatoms. The number of carbonyl (C=O) groups is 2. The van der Waals surface area contributed by atoms with Crippen LogP contribution in [0.1, 0.15) is 27.9 Å². The fourth-order valence-corrected chi connectivity index (χ4v) is 5.20. The molecule has 3 unspecified atom stereocenters. The molecule has 3 aromatic rings. The SMILES string of the molecule is O=C(NCCO)C1=CC(Oc2ccccc2I)C(O)C(N(Cc2ccc(Cl)cc2)C(=O)c2ccc(C(F)(F)F)cc2)C1. The van der Waals surface area contributed by atoms with Gasteiger partial charge in [0.2, 0.25) is 5.91 Å². The minimum absolute atomic E-state index is 0.00945. The summed E-state index contributed by atoms with van der Waals surface area (Å²) in [4.78, 5) is 28.2. The van der Waals surface area contributed by atoms with Crippen molar-refractivity contribution in [2.75, 3.05) is 13.2 Å². The lowest BCUT2D eigenvalue weighted by molar-refractivity contribution is -0.137. The Bertz CT molecular complexity index is 1430. The van der Waals surface area contributed by atoms with Crippen LogP contribution in [-0.4, -0.2) is 58.3 Å². The Hall–Kier alpha value is -3.13. The van der Waals surface area contributed by atoms with E-state index in [1.807, 2.05) is 12.1 Å². The number of para-hydroxylation sites is 1. The van der Waals surface area contributed by atoms with E-state index in [9.17, 15) is 33.0 Å². The highest BCUT2D eigenvalue weighted by Crippen LogP contribution is 2.33. The van der Waals surface area contributed by atoms with Crippen molar-refractivity contribution in [2.24, 2.45) is 0 Å². The molecular weight excluding hydrogens is 688 g/mol. The first-order valence-electron chi connectivity index (χ1n) is 12.9. The van der Waals surface area contributed by atoms with E-state index < -0.39 is 41.8 Å². The zero-order chi connectivity index (χ0) is 30.4. The Morgan fingerprint density at radius 3 is 2.33 bits per heavy atom. The molecule has 0 heterocycles. The highest BCUT2D eigenvalue weighted by Gasteiger charge is 2.41. The van der Waals surface area contributed by atoms with E-state index >= 15 is 0 Å². The van der Waals surface area contributed by atoms with Crippen LogP contribution in [-0.2, 0) is 17.5 Å². The number of ether oxygens (including phenoxy) is 1. The van der Waals surface area contributed by atoms with Crippen molar-refractivity contribution in [1.82, 2.24) is 10.2 Å². The van der Waals surface area contributed by atoms with E-state index in [4.69, 9.17) is 16.3 Å². The number of aliphatic hydroxyl groups is 2. The predicted octanol–water partition coefficient (Wildman–Crippen LogP) is 5.22. The van der Waals surface area contributed by atoms with Gasteiger partial charge < -0.3 is 25.2 Å². The molecule has 3 aromatic carbocycles. The molecule has 4 rings (SSSR count). The molecule has 1 aliphatic rings. The molecule has 2 amide bonds. The van der Waals surface area contributed by atoms with Gasteiger partial charge in [0.15, 0.2) is 0 Å². The lowest BCUT2D eigenvalue weighted by Crippen LogP contribution is -2.54. The zero-order valence-electron chi connectivity index (χ0n) is 22.0. The average Bonchev–Trinajstić information content (AvgIpc) is 2.97. The fraction of sp³-hybridized carbons (Fsp3) is 0.267. The highest BCUT2D eigenvalue weighted by molar-refractivity contribution is 14.1. The van der Waals surface area contributed by atoms with Crippen molar-refractivity contribution < 1.29 is 37.7 Å². The largest absolute Gasteiger partial charge is 0.482 e. The molecule has 0 spiro atoms. The topological polar surface area (TPSA) is 99.1 Å². The Morgan fingerprint density at radius 2 is 1.71 bits per heavy atom. The van der Waals surface area contributed by atoms with E-state index in [1.54, 1.807) is 36.4 Å². The van der Waals surface area contributed by atoms with E-state index in [0.717, 1.165) is 27.8 Å². The van der Waals surface area contributed by atoms with Crippen LogP contribution in [0.25, 0.3) is 0 Å². The third kappa shape index (κ3) is 7.82. The van der Waals surface area contributed by atoms with Crippen LogP contribution in [0.2, 0.25) is 5.02 Å². The summed E-state index contributed by atoms with van der Waals surface area (Å²) >= 11 is 8.11. The van der Waals surface area contributed by atoms with Crippen LogP contribution >= 0.6 is 34.2 Å². The maximum atomic E-state index is 13.9. The Morgan fingerprint density at radius 1 is 1.05 bits per heavy atom. The number of benzene rings is 3. The van der Waals surface area contributed by atoms with E-state index in [2.05, 4.69) is 27.9 Å². The summed E-state index contributed by atoms with van der Waals surface area (Å²) < 4.78 is 46.4. The van der Waals surface area contributed by atoms with E-state index in [-0.39, 0.29) is 37.3 Å². The highest BCUT2D eigenvalue weighted by atomic mass is 127. The van der Waals surface area contributed by atoms with Crippen LogP contribution in [0.5, 0.6) is 5.75 Å². The van der Waals surface area contributed by atoms with Gasteiger partial charge in [0.1, 0.15) is 18.0 Å². The standard InChI is InChI=1S/C30H27ClF3IN2O5/c31-22-11-5-18(6-12-22)17-37(29(41)19-7-9-21(10-8-19)30(32,33)34)24-15-20(28(40)36-13-14-38)16-26(27(24)39)42-25-4-2-1-3-23(25)35/h1-12,16,24,26-27,38-39H,13-15,17H2,(H,36,40). The zero-order valence-corrected chi connectivity index (χ0v) is 24.9. The van der Waals surface area contributed by atoms with Crippen LogP contribution in [0.3, 0.4) is 0 Å². The molecule has 1 aliphatic carbocycles. The molecule has 42 heavy (non-hydrogen) atoms. The minimum Gasteiger partial charge on any atom is -0.482 e. The molecule has 0 radical (unpaired) electrons. The molecule has 0 aromatic heterocycles. The first kappa shape index (κ1) is 31.8. The second-order valence-corrected chi connectivity index (χ2v) is 11.2. The molecule has 7 nitrogen and oxygen atoms in total. The normalized spacial score (nSPS) is 18.6. The van der Waals surface area contributed by atoms with Crippen molar-refractivity contribution in [3.63, 3.8) is 0 Å². The molecular formula is C30H27ClF3IN2O5. The maximum absolute atomic E-state index is 13.9. The number of halogens is 5. The van der Waals surface area contributed by atoms with Gasteiger partial charge in [0.05, 0.1) is 21.8 Å². The summed E-state index contributed by atoms with van der Waals surface area (Å²) in [5.74, 6) is -0.703. The van der Waals surface area contributed by atoms with Crippen molar-refractivity contribution >= 4 is 46.0 Å². The van der Waals surface area contributed by atoms with Crippen molar-refractivity contribution in [2.45, 2.75) is 37.4 Å². The van der Waals surface area contributed by atoms with Crippen molar-refractivity contribution in [3.8, 4) is 5.75 Å². The number of alkyl halides is 3. The summed E-state index contributed by atoms with van der Waals surface area (Å²) in [5, 5.41) is 23.8. The number of carbonyl (C=O) groups excluding carboxylic acids is 2. The number of aliphatic hydroxyl groups excluding tert-OH is 2. The summed E-state index contributed by atoms with van der Waals surface area (Å²) in [7, 11) is 0. The second kappa shape index (κ2) is 13.9. The summed E-state index contributed by atoms with van der Waals surface area (Å²) in [6, 6.07) is 16.5. The average molecular weight is 715 g/mol. The number of amides is 2. The molecule has 222 valence electrons. The van der Waals surface area contributed by atoms with Gasteiger partial charge in [-0.25, -0.2) is 0 Å². The van der Waals surface area contributed by atoms with E-state index in [0.29, 0.717) is 16.3 Å². The number of hydrogen-bond donors (Lipinski definition) is 3. The monoisotopic (exact) mass is 714 g/mol. The van der Waals surface area contributed by atoms with Crippen molar-refractivity contribution in [1.29, 1.82) is 0 Å². The smallest absolute Gasteiger partial charge is 0.416 e. The van der Waals surface area contributed by atoms with Gasteiger partial charge in [-0.15, -0.1) is 0 Å². The molecule has 0 saturated heterocycles. The predicted molar refractivity (Wildman–Crippen MR) is 159 cm³/mol. The summed E-state index contributed by atoms with van der Waals surface area (Å²) in [6.45, 7) is -0.341. The van der Waals surface area contributed by atoms with Gasteiger partial charge in [-0.05, 0) is 82.8 Å². The molecule has 3 N–H and O–H groups in total. The number of nitrogens with one attached hydrogen (secondary N) is 1. The van der Waals surface area contributed by atoms with Gasteiger partial charge >= 0.3 is 6.18 Å². The molecule has 3 atom stereocenters.